The molecule has 2 heterocycles. The molecule has 1 aromatic heterocycles. The number of aryl methyl sites for hydroxylation is 1. The lowest BCUT2D eigenvalue weighted by molar-refractivity contribution is -0.0455. The molecule has 0 unspecified atom stereocenters. The van der Waals surface area contributed by atoms with Gasteiger partial charge in [-0.3, -0.25) is 0 Å². The van der Waals surface area contributed by atoms with E-state index in [9.17, 15) is 8.42 Å². The number of hydrogen-bond acceptors (Lipinski definition) is 4. The second-order valence-corrected chi connectivity index (χ2v) is 10.5. The smallest absolute Gasteiger partial charge is 0.282 e. The summed E-state index contributed by atoms with van der Waals surface area (Å²) in [6.07, 6.45) is 0.506. The largest absolute Gasteiger partial charge is 0.373 e. The Morgan fingerprint density at radius 2 is 1.78 bits per heavy atom. The van der Waals surface area contributed by atoms with Crippen LogP contribution in [0.3, 0.4) is 0 Å². The van der Waals surface area contributed by atoms with Gasteiger partial charge in [-0.25, -0.2) is 0 Å². The summed E-state index contributed by atoms with van der Waals surface area (Å²) in [7, 11) is -3.56. The van der Waals surface area contributed by atoms with Crippen LogP contribution in [0.5, 0.6) is 0 Å². The molecular weight excluding hydrogens is 380 g/mol. The van der Waals surface area contributed by atoms with Crippen LogP contribution in [0.2, 0.25) is 0 Å². The number of ether oxygens (including phenoxy) is 1. The van der Waals surface area contributed by atoms with Gasteiger partial charge in [-0.05, 0) is 44.9 Å². The molecule has 0 radical (unpaired) electrons. The van der Waals surface area contributed by atoms with Gasteiger partial charge < -0.3 is 4.74 Å². The molecule has 0 spiro atoms. The van der Waals surface area contributed by atoms with Crippen LogP contribution in [-0.4, -0.2) is 48.9 Å². The molecule has 2 aromatic rings. The first kappa shape index (κ1) is 20.5. The number of thiophene rings is 1. The lowest BCUT2D eigenvalue weighted by Gasteiger charge is -2.37. The zero-order chi connectivity index (χ0) is 19.4. The lowest BCUT2D eigenvalue weighted by atomic mass is 10.1. The average molecular weight is 409 g/mol. The maximum Gasteiger partial charge on any atom is 0.282 e. The predicted octanol–water partition coefficient (Wildman–Crippen LogP) is 3.46. The van der Waals surface area contributed by atoms with Crippen molar-refractivity contribution in [1.82, 2.24) is 8.61 Å². The number of rotatable bonds is 7. The molecule has 0 amide bonds. The normalized spacial score (nSPS) is 21.6. The molecule has 0 saturated carbocycles. The third kappa shape index (κ3) is 5.39. The molecule has 0 aliphatic carbocycles. The summed E-state index contributed by atoms with van der Waals surface area (Å²) in [4.78, 5) is 2.26. The monoisotopic (exact) mass is 408 g/mol. The van der Waals surface area contributed by atoms with Gasteiger partial charge in [-0.2, -0.15) is 17.0 Å². The molecule has 1 aromatic carbocycles. The van der Waals surface area contributed by atoms with Gasteiger partial charge >= 0.3 is 0 Å². The molecule has 5 nitrogen and oxygen atoms in total. The van der Waals surface area contributed by atoms with E-state index in [1.54, 1.807) is 19.9 Å². The quantitative estimate of drug-likeness (QED) is 0.705. The fraction of sp³-hybridized carbons (Fsp3) is 0.500. The molecule has 2 atom stereocenters. The van der Waals surface area contributed by atoms with Crippen LogP contribution >= 0.6 is 11.3 Å². The highest BCUT2D eigenvalue weighted by molar-refractivity contribution is 7.86. The Labute approximate surface area is 166 Å². The van der Waals surface area contributed by atoms with Crippen molar-refractivity contribution in [1.29, 1.82) is 0 Å². The summed E-state index contributed by atoms with van der Waals surface area (Å²) < 4.78 is 35.7. The van der Waals surface area contributed by atoms with Crippen LogP contribution in [0.1, 0.15) is 29.2 Å². The van der Waals surface area contributed by atoms with Crippen molar-refractivity contribution in [3.63, 3.8) is 0 Å². The van der Waals surface area contributed by atoms with Crippen molar-refractivity contribution in [2.75, 3.05) is 19.6 Å². The number of hydrogen-bond donors (Lipinski definition) is 0. The molecule has 7 heteroatoms. The SMILES string of the molecule is Cc1ccc(CN(CCc2ccccc2)S(=O)(=O)N2C[C@H](C)O[C@@H](C)C2)s1. The van der Waals surface area contributed by atoms with E-state index in [4.69, 9.17) is 4.74 Å². The van der Waals surface area contributed by atoms with Crippen LogP contribution in [0.15, 0.2) is 42.5 Å². The molecule has 1 aliphatic heterocycles. The highest BCUT2D eigenvalue weighted by atomic mass is 32.2. The third-order valence-electron chi connectivity index (χ3n) is 4.66. The van der Waals surface area contributed by atoms with Crippen molar-refractivity contribution in [3.05, 3.63) is 57.8 Å². The van der Waals surface area contributed by atoms with Gasteiger partial charge in [0.2, 0.25) is 0 Å². The first-order chi connectivity index (χ1) is 12.8. The molecule has 1 aliphatic rings. The second kappa shape index (κ2) is 8.84. The summed E-state index contributed by atoms with van der Waals surface area (Å²) in [5.74, 6) is 0. The molecule has 1 saturated heterocycles. The van der Waals surface area contributed by atoms with Crippen LogP contribution in [0.25, 0.3) is 0 Å². The number of morpholine rings is 1. The summed E-state index contributed by atoms with van der Waals surface area (Å²) in [5, 5.41) is 0. The Bertz CT molecular complexity index is 826. The van der Waals surface area contributed by atoms with E-state index in [-0.39, 0.29) is 12.2 Å². The van der Waals surface area contributed by atoms with E-state index in [1.165, 1.54) is 4.88 Å². The summed E-state index contributed by atoms with van der Waals surface area (Å²) in [6.45, 7) is 7.57. The van der Waals surface area contributed by atoms with E-state index in [1.807, 2.05) is 63.2 Å². The van der Waals surface area contributed by atoms with E-state index >= 15 is 0 Å². The first-order valence-corrected chi connectivity index (χ1v) is 11.6. The maximum atomic E-state index is 13.4. The zero-order valence-electron chi connectivity index (χ0n) is 16.2. The second-order valence-electron chi connectivity index (χ2n) is 7.16. The topological polar surface area (TPSA) is 49.9 Å². The van der Waals surface area contributed by atoms with E-state index in [2.05, 4.69) is 0 Å². The summed E-state index contributed by atoms with van der Waals surface area (Å²) in [5.41, 5.74) is 1.14. The van der Waals surface area contributed by atoms with Crippen LogP contribution in [0, 0.1) is 6.92 Å². The molecule has 0 N–H and O–H groups in total. The molecular formula is C20H28N2O3S2. The molecule has 1 fully saturated rings. The van der Waals surface area contributed by atoms with Gasteiger partial charge in [0.15, 0.2) is 0 Å². The van der Waals surface area contributed by atoms with Gasteiger partial charge in [-0.15, -0.1) is 11.3 Å². The average Bonchev–Trinajstić information content (AvgIpc) is 3.03. The Balaban J connectivity index is 1.80. The number of benzene rings is 1. The Kier molecular flexibility index (Phi) is 6.70. The van der Waals surface area contributed by atoms with E-state index < -0.39 is 10.2 Å². The predicted molar refractivity (Wildman–Crippen MR) is 110 cm³/mol. The van der Waals surface area contributed by atoms with Crippen LogP contribution < -0.4 is 0 Å². The maximum absolute atomic E-state index is 13.4. The van der Waals surface area contributed by atoms with Crippen LogP contribution in [0.4, 0.5) is 0 Å². The Hall–Kier alpha value is -1.25. The molecule has 3 rings (SSSR count). The Morgan fingerprint density at radius 1 is 1.11 bits per heavy atom. The van der Waals surface area contributed by atoms with Gasteiger partial charge in [-0.1, -0.05) is 30.3 Å². The highest BCUT2D eigenvalue weighted by Crippen LogP contribution is 2.23. The zero-order valence-corrected chi connectivity index (χ0v) is 17.8. The van der Waals surface area contributed by atoms with E-state index in [0.29, 0.717) is 32.6 Å². The first-order valence-electron chi connectivity index (χ1n) is 9.34. The van der Waals surface area contributed by atoms with Crippen LogP contribution in [-0.2, 0) is 27.9 Å². The molecule has 0 bridgehead atoms. The van der Waals surface area contributed by atoms with Gasteiger partial charge in [0.05, 0.1) is 12.2 Å². The van der Waals surface area contributed by atoms with Crippen molar-refractivity contribution in [3.8, 4) is 0 Å². The standard InChI is InChI=1S/C20H28N2O3S2/c1-16-13-22(14-17(2)25-16)27(23,24)21(15-20-10-9-18(3)26-20)12-11-19-7-5-4-6-8-19/h4-10,16-17H,11-15H2,1-3H3/t16-,17-/m0/s1. The third-order valence-corrected chi connectivity index (χ3v) is 7.56. The lowest BCUT2D eigenvalue weighted by Crippen LogP contribution is -2.53. The minimum Gasteiger partial charge on any atom is -0.373 e. The van der Waals surface area contributed by atoms with Crippen molar-refractivity contribution in [2.45, 2.75) is 45.9 Å². The van der Waals surface area contributed by atoms with Gasteiger partial charge in [0.1, 0.15) is 0 Å². The minimum atomic E-state index is -3.56. The van der Waals surface area contributed by atoms with Gasteiger partial charge in [0, 0.05) is 35.9 Å². The van der Waals surface area contributed by atoms with Crippen molar-refractivity contribution in [2.24, 2.45) is 0 Å². The van der Waals surface area contributed by atoms with Gasteiger partial charge in [0.25, 0.3) is 10.2 Å². The van der Waals surface area contributed by atoms with Crippen molar-refractivity contribution >= 4 is 21.5 Å². The van der Waals surface area contributed by atoms with Crippen molar-refractivity contribution < 1.29 is 13.2 Å². The molecule has 148 valence electrons. The molecule has 27 heavy (non-hydrogen) atoms. The minimum absolute atomic E-state index is 0.0940. The summed E-state index contributed by atoms with van der Waals surface area (Å²) >= 11 is 1.65. The fourth-order valence-corrected chi connectivity index (χ4v) is 6.14. The summed E-state index contributed by atoms with van der Waals surface area (Å²) in [6, 6.07) is 14.1. The fourth-order valence-electron chi connectivity index (χ4n) is 3.40. The van der Waals surface area contributed by atoms with E-state index in [0.717, 1.165) is 10.4 Å². The number of nitrogens with zero attached hydrogens (tertiary/aromatic N) is 2. The Morgan fingerprint density at radius 3 is 2.37 bits per heavy atom. The highest BCUT2D eigenvalue weighted by Gasteiger charge is 2.35.